The molecule has 1 aliphatic heterocycles. The van der Waals surface area contributed by atoms with Gasteiger partial charge in [-0.2, -0.15) is 4.31 Å². The summed E-state index contributed by atoms with van der Waals surface area (Å²) in [5.74, 6) is 1.16. The van der Waals surface area contributed by atoms with Gasteiger partial charge in [0, 0.05) is 30.7 Å². The van der Waals surface area contributed by atoms with Crippen molar-refractivity contribution in [3.8, 4) is 0 Å². The molecule has 1 saturated heterocycles. The molecule has 0 N–H and O–H groups in total. The highest BCUT2D eigenvalue weighted by molar-refractivity contribution is 9.10. The number of hydrogen-bond acceptors (Lipinski definition) is 4. The lowest BCUT2D eigenvalue weighted by atomic mass is 10.2. The van der Waals surface area contributed by atoms with Crippen molar-refractivity contribution >= 4 is 31.9 Å². The van der Waals surface area contributed by atoms with E-state index in [-0.39, 0.29) is 23.9 Å². The van der Waals surface area contributed by atoms with Gasteiger partial charge in [-0.25, -0.2) is 8.42 Å². The van der Waals surface area contributed by atoms with Crippen LogP contribution in [0.4, 0.5) is 0 Å². The Balaban J connectivity index is 1.73. The van der Waals surface area contributed by atoms with Gasteiger partial charge >= 0.3 is 0 Å². The van der Waals surface area contributed by atoms with Gasteiger partial charge in [0.1, 0.15) is 11.5 Å². The first-order chi connectivity index (χ1) is 11.8. The van der Waals surface area contributed by atoms with Gasteiger partial charge in [-0.1, -0.05) is 12.1 Å². The highest BCUT2D eigenvalue weighted by atomic mass is 79.9. The van der Waals surface area contributed by atoms with Crippen molar-refractivity contribution in [3.63, 3.8) is 0 Å². The highest BCUT2D eigenvalue weighted by Crippen LogP contribution is 2.26. The smallest absolute Gasteiger partial charge is 0.257 e. The van der Waals surface area contributed by atoms with E-state index < -0.39 is 10.0 Å². The second kappa shape index (κ2) is 6.93. The monoisotopic (exact) mass is 426 g/mol. The molecule has 0 saturated carbocycles. The molecule has 0 spiro atoms. The minimum absolute atomic E-state index is 0.118. The van der Waals surface area contributed by atoms with Crippen LogP contribution in [0.2, 0.25) is 0 Å². The van der Waals surface area contributed by atoms with Crippen LogP contribution in [-0.4, -0.2) is 49.7 Å². The molecule has 2 aromatic rings. The lowest BCUT2D eigenvalue weighted by Gasteiger charge is -2.34. The predicted octanol–water partition coefficient (Wildman–Crippen LogP) is 2.81. The highest BCUT2D eigenvalue weighted by Gasteiger charge is 2.32. The SMILES string of the molecule is Cc1cc(C(=O)N2CCN(S(=O)(=O)c3ccccc3Br)CC2)c(C)o1. The summed E-state index contributed by atoms with van der Waals surface area (Å²) >= 11 is 3.29. The molecule has 1 amide bonds. The molecule has 134 valence electrons. The summed E-state index contributed by atoms with van der Waals surface area (Å²) in [6.45, 7) is 4.80. The molecule has 8 heteroatoms. The minimum atomic E-state index is -3.58. The largest absolute Gasteiger partial charge is 0.466 e. The summed E-state index contributed by atoms with van der Waals surface area (Å²) in [6.07, 6.45) is 0. The van der Waals surface area contributed by atoms with E-state index in [9.17, 15) is 13.2 Å². The molecule has 0 aliphatic carbocycles. The standard InChI is InChI=1S/C17H19BrN2O4S/c1-12-11-14(13(2)24-12)17(21)19-7-9-20(10-8-19)25(22,23)16-6-4-3-5-15(16)18/h3-6,11H,7-10H2,1-2H3. The fraction of sp³-hybridized carbons (Fsp3) is 0.353. The Morgan fingerprint density at radius 2 is 1.76 bits per heavy atom. The Hall–Kier alpha value is -1.64. The molecular weight excluding hydrogens is 408 g/mol. The number of halogens is 1. The number of nitrogens with zero attached hydrogens (tertiary/aromatic N) is 2. The van der Waals surface area contributed by atoms with Crippen molar-refractivity contribution in [2.75, 3.05) is 26.2 Å². The molecule has 2 heterocycles. The van der Waals surface area contributed by atoms with Crippen molar-refractivity contribution < 1.29 is 17.6 Å². The molecule has 0 unspecified atom stereocenters. The van der Waals surface area contributed by atoms with Gasteiger partial charge in [0.2, 0.25) is 10.0 Å². The van der Waals surface area contributed by atoms with Gasteiger partial charge in [0.15, 0.2) is 0 Å². The number of piperazine rings is 1. The molecule has 0 atom stereocenters. The van der Waals surface area contributed by atoms with E-state index in [1.54, 1.807) is 49.1 Å². The fourth-order valence-corrected chi connectivity index (χ4v) is 5.32. The van der Waals surface area contributed by atoms with Gasteiger partial charge in [-0.3, -0.25) is 4.79 Å². The van der Waals surface area contributed by atoms with Gasteiger partial charge in [0.25, 0.3) is 5.91 Å². The summed E-state index contributed by atoms with van der Waals surface area (Å²) in [7, 11) is -3.58. The number of carbonyl (C=O) groups excluding carboxylic acids is 1. The lowest BCUT2D eigenvalue weighted by molar-refractivity contribution is 0.0696. The van der Waals surface area contributed by atoms with Crippen LogP contribution in [0.1, 0.15) is 21.9 Å². The molecule has 3 rings (SSSR count). The number of rotatable bonds is 3. The molecule has 1 aromatic carbocycles. The summed E-state index contributed by atoms with van der Waals surface area (Å²) in [5, 5.41) is 0. The molecule has 1 aromatic heterocycles. The molecular formula is C17H19BrN2O4S. The van der Waals surface area contributed by atoms with Crippen molar-refractivity contribution in [1.29, 1.82) is 0 Å². The quantitative estimate of drug-likeness (QED) is 0.756. The summed E-state index contributed by atoms with van der Waals surface area (Å²) < 4.78 is 33.0. The second-order valence-corrected chi connectivity index (χ2v) is 8.71. The number of benzene rings is 1. The third kappa shape index (κ3) is 3.51. The normalized spacial score (nSPS) is 16.2. The van der Waals surface area contributed by atoms with E-state index in [1.165, 1.54) is 4.31 Å². The number of furan rings is 1. The first kappa shape index (κ1) is 18.2. The van der Waals surface area contributed by atoms with Gasteiger partial charge in [-0.15, -0.1) is 0 Å². The van der Waals surface area contributed by atoms with Crippen LogP contribution in [-0.2, 0) is 10.0 Å². The average Bonchev–Trinajstić information content (AvgIpc) is 2.93. The minimum Gasteiger partial charge on any atom is -0.466 e. The first-order valence-corrected chi connectivity index (χ1v) is 10.1. The predicted molar refractivity (Wildman–Crippen MR) is 97.0 cm³/mol. The first-order valence-electron chi connectivity index (χ1n) is 7.91. The van der Waals surface area contributed by atoms with Crippen LogP contribution >= 0.6 is 15.9 Å². The van der Waals surface area contributed by atoms with Crippen molar-refractivity contribution in [3.05, 3.63) is 51.9 Å². The molecule has 6 nitrogen and oxygen atoms in total. The summed E-state index contributed by atoms with van der Waals surface area (Å²) in [4.78, 5) is 14.5. The zero-order chi connectivity index (χ0) is 18.2. The fourth-order valence-electron chi connectivity index (χ4n) is 2.94. The Labute approximate surface area is 155 Å². The summed E-state index contributed by atoms with van der Waals surface area (Å²) in [5.41, 5.74) is 0.541. The molecule has 1 fully saturated rings. The third-order valence-corrected chi connectivity index (χ3v) is 7.16. The Morgan fingerprint density at radius 1 is 1.12 bits per heavy atom. The maximum Gasteiger partial charge on any atom is 0.257 e. The van der Waals surface area contributed by atoms with Gasteiger partial charge in [0.05, 0.1) is 10.5 Å². The van der Waals surface area contributed by atoms with Crippen molar-refractivity contribution in [2.24, 2.45) is 0 Å². The maximum absolute atomic E-state index is 12.8. The van der Waals surface area contributed by atoms with Gasteiger partial charge < -0.3 is 9.32 Å². The molecule has 1 aliphatic rings. The zero-order valence-electron chi connectivity index (χ0n) is 14.0. The zero-order valence-corrected chi connectivity index (χ0v) is 16.4. The third-order valence-electron chi connectivity index (χ3n) is 4.25. The number of sulfonamides is 1. The van der Waals surface area contributed by atoms with E-state index >= 15 is 0 Å². The van der Waals surface area contributed by atoms with E-state index in [0.29, 0.717) is 34.6 Å². The average molecular weight is 427 g/mol. The van der Waals surface area contributed by atoms with Crippen LogP contribution in [0.5, 0.6) is 0 Å². The lowest BCUT2D eigenvalue weighted by Crippen LogP contribution is -2.50. The Bertz CT molecular complexity index is 899. The van der Waals surface area contributed by atoms with E-state index in [2.05, 4.69) is 15.9 Å². The van der Waals surface area contributed by atoms with Crippen LogP contribution < -0.4 is 0 Å². The molecule has 0 radical (unpaired) electrons. The van der Waals surface area contributed by atoms with Crippen LogP contribution in [0.3, 0.4) is 0 Å². The number of carbonyl (C=O) groups is 1. The second-order valence-electron chi connectivity index (χ2n) is 5.95. The summed E-state index contributed by atoms with van der Waals surface area (Å²) in [6, 6.07) is 8.48. The Kier molecular flexibility index (Phi) is 5.04. The number of aryl methyl sites for hydroxylation is 2. The van der Waals surface area contributed by atoms with Crippen LogP contribution in [0.15, 0.2) is 44.1 Å². The molecule has 25 heavy (non-hydrogen) atoms. The van der Waals surface area contributed by atoms with E-state index in [0.717, 1.165) is 0 Å². The van der Waals surface area contributed by atoms with Crippen molar-refractivity contribution in [1.82, 2.24) is 9.21 Å². The molecule has 0 bridgehead atoms. The van der Waals surface area contributed by atoms with Crippen LogP contribution in [0, 0.1) is 13.8 Å². The number of hydrogen-bond donors (Lipinski definition) is 0. The number of amides is 1. The topological polar surface area (TPSA) is 70.8 Å². The van der Waals surface area contributed by atoms with Gasteiger partial charge in [-0.05, 0) is 48.0 Å². The Morgan fingerprint density at radius 3 is 2.32 bits per heavy atom. The van der Waals surface area contributed by atoms with E-state index in [4.69, 9.17) is 4.42 Å². The maximum atomic E-state index is 12.8. The van der Waals surface area contributed by atoms with E-state index in [1.807, 2.05) is 0 Å². The van der Waals surface area contributed by atoms with Crippen LogP contribution in [0.25, 0.3) is 0 Å². The van der Waals surface area contributed by atoms with Crippen molar-refractivity contribution in [2.45, 2.75) is 18.7 Å².